The number of nitrogens with two attached hydrogens (primary N) is 1. The van der Waals surface area contributed by atoms with Crippen molar-refractivity contribution >= 4 is 15.7 Å². The molecule has 2 N–H and O–H groups in total. The molecule has 19 heavy (non-hydrogen) atoms. The van der Waals surface area contributed by atoms with Crippen molar-refractivity contribution in [3.63, 3.8) is 0 Å². The Morgan fingerprint density at radius 3 is 2.95 bits per heavy atom. The second-order valence-corrected chi connectivity index (χ2v) is 6.70. The Hall–Kier alpha value is -1.18. The summed E-state index contributed by atoms with van der Waals surface area (Å²) in [5, 5.41) is 0. The van der Waals surface area contributed by atoms with Crippen LogP contribution in [0, 0.1) is 0 Å². The third-order valence-electron chi connectivity index (χ3n) is 3.24. The molecule has 106 valence electrons. The van der Waals surface area contributed by atoms with Gasteiger partial charge < -0.3 is 10.5 Å². The molecule has 2 heterocycles. The molecule has 7 heteroatoms. The van der Waals surface area contributed by atoms with E-state index in [9.17, 15) is 8.42 Å². The molecule has 1 atom stereocenters. The summed E-state index contributed by atoms with van der Waals surface area (Å²) in [6.07, 6.45) is 5.73. The Labute approximate surface area is 113 Å². The predicted molar refractivity (Wildman–Crippen MR) is 72.1 cm³/mol. The van der Waals surface area contributed by atoms with Gasteiger partial charge >= 0.3 is 0 Å². The third-order valence-corrected chi connectivity index (χ3v) is 5.11. The molecule has 0 bridgehead atoms. The average molecular weight is 285 g/mol. The number of nitrogen functional groups attached to an aromatic ring is 1. The maximum absolute atomic E-state index is 12.4. The zero-order valence-corrected chi connectivity index (χ0v) is 11.8. The second kappa shape index (κ2) is 5.85. The molecule has 1 saturated heterocycles. The van der Waals surface area contributed by atoms with Crippen molar-refractivity contribution in [2.45, 2.75) is 30.3 Å². The minimum atomic E-state index is -3.60. The highest BCUT2D eigenvalue weighted by atomic mass is 32.2. The first-order chi connectivity index (χ1) is 9.01. The van der Waals surface area contributed by atoms with Crippen molar-refractivity contribution in [2.75, 3.05) is 25.9 Å². The van der Waals surface area contributed by atoms with Crippen LogP contribution < -0.4 is 5.73 Å². The van der Waals surface area contributed by atoms with E-state index < -0.39 is 10.0 Å². The molecule has 1 aliphatic rings. The molecule has 6 nitrogen and oxygen atoms in total. The van der Waals surface area contributed by atoms with Gasteiger partial charge in [0.25, 0.3) is 0 Å². The van der Waals surface area contributed by atoms with Gasteiger partial charge in [0.15, 0.2) is 0 Å². The molecule has 0 spiro atoms. The highest BCUT2D eigenvalue weighted by molar-refractivity contribution is 7.89. The van der Waals surface area contributed by atoms with Crippen LogP contribution in [0.3, 0.4) is 0 Å². The van der Waals surface area contributed by atoms with Crippen LogP contribution in [0.25, 0.3) is 0 Å². The number of hydrogen-bond acceptors (Lipinski definition) is 5. The molecular weight excluding hydrogens is 266 g/mol. The highest BCUT2D eigenvalue weighted by Gasteiger charge is 2.26. The lowest BCUT2D eigenvalue weighted by Crippen LogP contribution is -2.37. The van der Waals surface area contributed by atoms with Crippen LogP contribution in [0.1, 0.15) is 19.3 Å². The third kappa shape index (κ3) is 3.23. The first-order valence-corrected chi connectivity index (χ1v) is 7.73. The minimum Gasteiger partial charge on any atom is -0.398 e. The lowest BCUT2D eigenvalue weighted by atomic mass is 10.1. The minimum absolute atomic E-state index is 0.0357. The van der Waals surface area contributed by atoms with Crippen LogP contribution in [-0.2, 0) is 14.8 Å². The smallest absolute Gasteiger partial charge is 0.246 e. The van der Waals surface area contributed by atoms with Gasteiger partial charge in [-0.1, -0.05) is 0 Å². The van der Waals surface area contributed by atoms with E-state index in [1.165, 1.54) is 22.8 Å². The Bertz CT molecular complexity index is 527. The van der Waals surface area contributed by atoms with Gasteiger partial charge in [-0.15, -0.1) is 0 Å². The summed E-state index contributed by atoms with van der Waals surface area (Å²) < 4.78 is 31.6. The zero-order chi connectivity index (χ0) is 13.9. The summed E-state index contributed by atoms with van der Waals surface area (Å²) in [6, 6.07) is 1.48. The first kappa shape index (κ1) is 14.2. The molecule has 1 aromatic rings. The fourth-order valence-electron chi connectivity index (χ4n) is 2.11. The molecule has 0 radical (unpaired) electrons. The van der Waals surface area contributed by atoms with Crippen LogP contribution in [0.4, 0.5) is 5.69 Å². The van der Waals surface area contributed by atoms with Gasteiger partial charge in [0.2, 0.25) is 10.0 Å². The van der Waals surface area contributed by atoms with Crippen LogP contribution in [0.5, 0.6) is 0 Å². The standard InChI is InChI=1S/C12H19N3O3S/c1-15(9-10-4-2-3-7-18-10)19(16,17)12-8-14-6-5-11(12)13/h5-6,8,10H,2-4,7,9H2,1H3,(H2,13,14). The summed E-state index contributed by atoms with van der Waals surface area (Å²) in [5.41, 5.74) is 5.91. The quantitative estimate of drug-likeness (QED) is 0.886. The largest absolute Gasteiger partial charge is 0.398 e. The number of pyridine rings is 1. The maximum Gasteiger partial charge on any atom is 0.246 e. The summed E-state index contributed by atoms with van der Waals surface area (Å²) in [6.45, 7) is 1.05. The van der Waals surface area contributed by atoms with Gasteiger partial charge in [-0.2, -0.15) is 4.31 Å². The molecule has 0 amide bonds. The fourth-order valence-corrected chi connectivity index (χ4v) is 3.37. The summed E-state index contributed by atoms with van der Waals surface area (Å²) >= 11 is 0. The molecule has 1 fully saturated rings. The zero-order valence-electron chi connectivity index (χ0n) is 10.9. The van der Waals surface area contributed by atoms with Crippen molar-refractivity contribution in [2.24, 2.45) is 0 Å². The van der Waals surface area contributed by atoms with Crippen molar-refractivity contribution in [3.8, 4) is 0 Å². The monoisotopic (exact) mass is 285 g/mol. The van der Waals surface area contributed by atoms with Gasteiger partial charge in [0.1, 0.15) is 4.90 Å². The Morgan fingerprint density at radius 1 is 1.53 bits per heavy atom. The number of aromatic nitrogens is 1. The van der Waals surface area contributed by atoms with Gasteiger partial charge in [-0.3, -0.25) is 4.98 Å². The van der Waals surface area contributed by atoms with E-state index in [2.05, 4.69) is 4.98 Å². The number of nitrogens with zero attached hydrogens (tertiary/aromatic N) is 2. The van der Waals surface area contributed by atoms with E-state index in [4.69, 9.17) is 10.5 Å². The van der Waals surface area contributed by atoms with E-state index in [-0.39, 0.29) is 16.7 Å². The van der Waals surface area contributed by atoms with E-state index >= 15 is 0 Å². The van der Waals surface area contributed by atoms with Gasteiger partial charge in [-0.05, 0) is 25.3 Å². The Kier molecular flexibility index (Phi) is 4.38. The Balaban J connectivity index is 2.13. The molecule has 0 aromatic carbocycles. The number of hydrogen-bond donors (Lipinski definition) is 1. The molecule has 0 saturated carbocycles. The molecule has 1 unspecified atom stereocenters. The molecular formula is C12H19N3O3S. The number of sulfonamides is 1. The summed E-state index contributed by atoms with van der Waals surface area (Å²) in [4.78, 5) is 3.87. The van der Waals surface area contributed by atoms with Crippen molar-refractivity contribution < 1.29 is 13.2 Å². The van der Waals surface area contributed by atoms with E-state index in [0.717, 1.165) is 19.3 Å². The molecule has 0 aliphatic carbocycles. The number of rotatable bonds is 4. The van der Waals surface area contributed by atoms with Gasteiger partial charge in [0, 0.05) is 32.6 Å². The van der Waals surface area contributed by atoms with Crippen molar-refractivity contribution in [3.05, 3.63) is 18.5 Å². The van der Waals surface area contributed by atoms with Crippen molar-refractivity contribution in [1.29, 1.82) is 0 Å². The molecule has 1 aromatic heterocycles. The van der Waals surface area contributed by atoms with Crippen LogP contribution in [0.2, 0.25) is 0 Å². The van der Waals surface area contributed by atoms with Crippen LogP contribution in [0.15, 0.2) is 23.4 Å². The van der Waals surface area contributed by atoms with E-state index in [1.807, 2.05) is 0 Å². The maximum atomic E-state index is 12.4. The van der Waals surface area contributed by atoms with Crippen molar-refractivity contribution in [1.82, 2.24) is 9.29 Å². The number of anilines is 1. The van der Waals surface area contributed by atoms with E-state index in [1.54, 1.807) is 7.05 Å². The second-order valence-electron chi connectivity index (χ2n) is 4.69. The molecule has 2 rings (SSSR count). The normalized spacial score (nSPS) is 20.6. The van der Waals surface area contributed by atoms with E-state index in [0.29, 0.717) is 13.2 Å². The fraction of sp³-hybridized carbons (Fsp3) is 0.583. The topological polar surface area (TPSA) is 85.5 Å². The number of ether oxygens (including phenoxy) is 1. The van der Waals surface area contributed by atoms with Gasteiger partial charge in [-0.25, -0.2) is 8.42 Å². The average Bonchev–Trinajstić information content (AvgIpc) is 2.40. The predicted octanol–water partition coefficient (Wildman–Crippen LogP) is 0.853. The lowest BCUT2D eigenvalue weighted by molar-refractivity contribution is 0.00859. The SMILES string of the molecule is CN(CC1CCCCO1)S(=O)(=O)c1cnccc1N. The van der Waals surface area contributed by atoms with Gasteiger partial charge in [0.05, 0.1) is 11.8 Å². The molecule has 1 aliphatic heterocycles. The highest BCUT2D eigenvalue weighted by Crippen LogP contribution is 2.21. The number of likely N-dealkylation sites (N-methyl/N-ethyl adjacent to an activating group) is 1. The lowest BCUT2D eigenvalue weighted by Gasteiger charge is -2.27. The first-order valence-electron chi connectivity index (χ1n) is 6.29. The Morgan fingerprint density at radius 2 is 2.32 bits per heavy atom. The summed E-state index contributed by atoms with van der Waals surface area (Å²) in [7, 11) is -2.06. The van der Waals surface area contributed by atoms with Crippen LogP contribution in [-0.4, -0.2) is 44.0 Å². The summed E-state index contributed by atoms with van der Waals surface area (Å²) in [5.74, 6) is 0. The van der Waals surface area contributed by atoms with Crippen LogP contribution >= 0.6 is 0 Å².